The number of likely N-dealkylation sites (tertiary alicyclic amines) is 1. The van der Waals surface area contributed by atoms with Crippen molar-refractivity contribution < 1.29 is 23.6 Å². The van der Waals surface area contributed by atoms with Gasteiger partial charge in [0, 0.05) is 26.5 Å². The van der Waals surface area contributed by atoms with Crippen molar-refractivity contribution in [2.24, 2.45) is 0 Å². The van der Waals surface area contributed by atoms with Gasteiger partial charge < -0.3 is 19.3 Å². The molecule has 8 heteroatoms. The Morgan fingerprint density at radius 2 is 2.25 bits per heavy atom. The second-order valence-corrected chi connectivity index (χ2v) is 7.54. The van der Waals surface area contributed by atoms with Gasteiger partial charge in [-0.25, -0.2) is 4.39 Å². The maximum Gasteiger partial charge on any atom is 0.227 e. The lowest BCUT2D eigenvalue weighted by Gasteiger charge is -2.42. The maximum absolute atomic E-state index is 13.8. The Bertz CT molecular complexity index is 857. The van der Waals surface area contributed by atoms with Crippen molar-refractivity contribution in [2.45, 2.75) is 56.3 Å². The molecule has 2 aromatic rings. The van der Waals surface area contributed by atoms with E-state index in [9.17, 15) is 14.3 Å². The number of amides is 1. The predicted octanol–water partition coefficient (Wildman–Crippen LogP) is 2.34. The molecule has 0 radical (unpaired) electrons. The Labute approximate surface area is 162 Å². The zero-order chi connectivity index (χ0) is 19.7. The van der Waals surface area contributed by atoms with Crippen LogP contribution in [-0.2, 0) is 16.0 Å². The van der Waals surface area contributed by atoms with Crippen LogP contribution < -0.4 is 0 Å². The molecule has 0 bridgehead atoms. The normalized spacial score (nSPS) is 27.0. The quantitative estimate of drug-likeness (QED) is 0.844. The molecule has 1 aliphatic carbocycles. The van der Waals surface area contributed by atoms with Crippen molar-refractivity contribution in [1.29, 1.82) is 0 Å². The molecule has 1 saturated carbocycles. The van der Waals surface area contributed by atoms with Crippen molar-refractivity contribution in [3.63, 3.8) is 0 Å². The molecule has 28 heavy (non-hydrogen) atoms. The number of carbonyl (C=O) groups is 1. The summed E-state index contributed by atoms with van der Waals surface area (Å²) < 4.78 is 24.8. The van der Waals surface area contributed by atoms with Crippen molar-refractivity contribution in [3.05, 3.63) is 36.0 Å². The smallest absolute Gasteiger partial charge is 0.227 e. The van der Waals surface area contributed by atoms with Crippen LogP contribution in [0.25, 0.3) is 11.4 Å². The van der Waals surface area contributed by atoms with Crippen LogP contribution in [0, 0.1) is 5.82 Å². The summed E-state index contributed by atoms with van der Waals surface area (Å²) in [5.74, 6) is 0.0291. The molecule has 2 fully saturated rings. The molecule has 1 aromatic heterocycles. The SMILES string of the molecule is CO[C@@]12CC[C@@H](O)C[C@@H]1N(C(=O)CCc1nc(-c3ccccc3F)no1)CC2. The van der Waals surface area contributed by atoms with Gasteiger partial charge in [0.2, 0.25) is 17.6 Å². The van der Waals surface area contributed by atoms with Crippen molar-refractivity contribution >= 4 is 5.91 Å². The first-order chi connectivity index (χ1) is 13.5. The molecule has 1 aliphatic heterocycles. The first kappa shape index (κ1) is 19.0. The number of aliphatic hydroxyl groups is 1. The van der Waals surface area contributed by atoms with Gasteiger partial charge in [-0.05, 0) is 37.8 Å². The molecule has 0 unspecified atom stereocenters. The fraction of sp³-hybridized carbons (Fsp3) is 0.550. The van der Waals surface area contributed by atoms with Crippen LogP contribution in [0.15, 0.2) is 28.8 Å². The number of benzene rings is 1. The molecular formula is C20H24FN3O4. The van der Waals surface area contributed by atoms with Gasteiger partial charge in [0.1, 0.15) is 5.82 Å². The second-order valence-electron chi connectivity index (χ2n) is 7.54. The number of rotatable bonds is 5. The number of fused-ring (bicyclic) bond motifs is 1. The third-order valence-corrected chi connectivity index (χ3v) is 6.02. The second kappa shape index (κ2) is 7.60. The first-order valence-corrected chi connectivity index (χ1v) is 9.62. The lowest BCUT2D eigenvalue weighted by Crippen LogP contribution is -2.52. The fourth-order valence-electron chi connectivity index (χ4n) is 4.44. The summed E-state index contributed by atoms with van der Waals surface area (Å²) in [7, 11) is 1.68. The molecule has 1 aromatic carbocycles. The van der Waals surface area contributed by atoms with Gasteiger partial charge in [-0.3, -0.25) is 4.79 Å². The molecule has 3 atom stereocenters. The van der Waals surface area contributed by atoms with E-state index in [1.54, 1.807) is 25.3 Å². The lowest BCUT2D eigenvalue weighted by molar-refractivity contribution is -0.139. The number of aliphatic hydroxyl groups excluding tert-OH is 1. The van der Waals surface area contributed by atoms with Crippen LogP contribution in [0.4, 0.5) is 4.39 Å². The maximum atomic E-state index is 13.8. The van der Waals surface area contributed by atoms with E-state index in [4.69, 9.17) is 9.26 Å². The average Bonchev–Trinajstić information content (AvgIpc) is 3.31. The van der Waals surface area contributed by atoms with E-state index in [0.717, 1.165) is 12.8 Å². The van der Waals surface area contributed by atoms with Gasteiger partial charge in [-0.2, -0.15) is 4.98 Å². The van der Waals surface area contributed by atoms with E-state index in [2.05, 4.69) is 10.1 Å². The lowest BCUT2D eigenvalue weighted by atomic mass is 9.79. The van der Waals surface area contributed by atoms with Crippen LogP contribution in [0.3, 0.4) is 0 Å². The minimum absolute atomic E-state index is 0.0244. The highest BCUT2D eigenvalue weighted by atomic mass is 19.1. The molecule has 1 N–H and O–H groups in total. The number of aryl methyl sites for hydroxylation is 1. The Hall–Kier alpha value is -2.32. The number of halogens is 1. The molecule has 1 saturated heterocycles. The topological polar surface area (TPSA) is 88.7 Å². The third-order valence-electron chi connectivity index (χ3n) is 6.02. The van der Waals surface area contributed by atoms with Crippen LogP contribution in [-0.4, -0.2) is 57.5 Å². The van der Waals surface area contributed by atoms with Gasteiger partial charge >= 0.3 is 0 Å². The van der Waals surface area contributed by atoms with Crippen molar-refractivity contribution in [2.75, 3.05) is 13.7 Å². The van der Waals surface area contributed by atoms with Crippen LogP contribution >= 0.6 is 0 Å². The van der Waals surface area contributed by atoms with Gasteiger partial charge in [0.05, 0.1) is 23.3 Å². The summed E-state index contributed by atoms with van der Waals surface area (Å²) in [6.07, 6.45) is 2.88. The molecule has 150 valence electrons. The van der Waals surface area contributed by atoms with E-state index >= 15 is 0 Å². The number of hydrogen-bond acceptors (Lipinski definition) is 6. The standard InChI is InChI=1S/C20H24FN3O4/c1-27-20-9-8-13(25)12-16(20)24(11-10-20)18(26)7-6-17-22-19(23-28-17)14-4-2-3-5-15(14)21/h2-5,13,16,25H,6-12H2,1H3/t13-,16+,20-/m1/s1. The Morgan fingerprint density at radius 1 is 1.43 bits per heavy atom. The Morgan fingerprint density at radius 3 is 3.04 bits per heavy atom. The summed E-state index contributed by atoms with van der Waals surface area (Å²) in [6, 6.07) is 6.11. The van der Waals surface area contributed by atoms with Gasteiger partial charge in [0.15, 0.2) is 0 Å². The van der Waals surface area contributed by atoms with Gasteiger partial charge in [-0.1, -0.05) is 17.3 Å². The summed E-state index contributed by atoms with van der Waals surface area (Å²) in [5, 5.41) is 13.9. The van der Waals surface area contributed by atoms with E-state index in [1.807, 2.05) is 4.90 Å². The minimum Gasteiger partial charge on any atom is -0.393 e. The van der Waals surface area contributed by atoms with Crippen LogP contribution in [0.1, 0.15) is 38.0 Å². The number of ether oxygens (including phenoxy) is 1. The first-order valence-electron chi connectivity index (χ1n) is 9.62. The van der Waals surface area contributed by atoms with E-state index in [0.29, 0.717) is 25.3 Å². The zero-order valence-corrected chi connectivity index (χ0v) is 15.8. The van der Waals surface area contributed by atoms with Gasteiger partial charge in [-0.15, -0.1) is 0 Å². The monoisotopic (exact) mass is 389 g/mol. The molecule has 1 amide bonds. The predicted molar refractivity (Wildman–Crippen MR) is 97.7 cm³/mol. The molecule has 7 nitrogen and oxygen atoms in total. The molecule has 2 aliphatic rings. The Kier molecular flexibility index (Phi) is 5.16. The highest BCUT2D eigenvalue weighted by Gasteiger charge is 2.52. The van der Waals surface area contributed by atoms with Crippen LogP contribution in [0.5, 0.6) is 0 Å². The fourth-order valence-corrected chi connectivity index (χ4v) is 4.44. The molecule has 4 rings (SSSR count). The highest BCUT2D eigenvalue weighted by molar-refractivity contribution is 5.77. The molecule has 0 spiro atoms. The van der Waals surface area contributed by atoms with Crippen molar-refractivity contribution in [1.82, 2.24) is 15.0 Å². The number of aromatic nitrogens is 2. The number of hydrogen-bond donors (Lipinski definition) is 1. The summed E-state index contributed by atoms with van der Waals surface area (Å²) >= 11 is 0. The summed E-state index contributed by atoms with van der Waals surface area (Å²) in [4.78, 5) is 18.8. The molecular weight excluding hydrogens is 365 g/mol. The third kappa shape index (κ3) is 3.42. The number of carbonyl (C=O) groups excluding carboxylic acids is 1. The summed E-state index contributed by atoms with van der Waals surface area (Å²) in [5.41, 5.74) is -0.0818. The zero-order valence-electron chi connectivity index (χ0n) is 15.8. The number of methoxy groups -OCH3 is 1. The van der Waals surface area contributed by atoms with Crippen molar-refractivity contribution in [3.8, 4) is 11.4 Å². The number of nitrogens with zero attached hydrogens (tertiary/aromatic N) is 3. The summed E-state index contributed by atoms with van der Waals surface area (Å²) in [6.45, 7) is 0.619. The van der Waals surface area contributed by atoms with E-state index in [-0.39, 0.29) is 41.8 Å². The Balaban J connectivity index is 1.41. The van der Waals surface area contributed by atoms with Gasteiger partial charge in [0.25, 0.3) is 0 Å². The highest BCUT2D eigenvalue weighted by Crippen LogP contribution is 2.42. The van der Waals surface area contributed by atoms with E-state index in [1.165, 1.54) is 6.07 Å². The minimum atomic E-state index is -0.422. The largest absolute Gasteiger partial charge is 0.393 e. The van der Waals surface area contributed by atoms with Crippen LogP contribution in [0.2, 0.25) is 0 Å². The van der Waals surface area contributed by atoms with E-state index < -0.39 is 11.9 Å². The molecule has 2 heterocycles. The average molecular weight is 389 g/mol.